The van der Waals surface area contributed by atoms with Crippen molar-refractivity contribution in [3.05, 3.63) is 17.8 Å². The van der Waals surface area contributed by atoms with Gasteiger partial charge in [0, 0.05) is 26.8 Å². The Labute approximate surface area is 112 Å². The number of rotatable bonds is 2. The monoisotopic (exact) mass is 259 g/mol. The fourth-order valence-electron chi connectivity index (χ4n) is 2.36. The van der Waals surface area contributed by atoms with Crippen molar-refractivity contribution in [2.24, 2.45) is 0 Å². The van der Waals surface area contributed by atoms with Gasteiger partial charge in [-0.15, -0.1) is 0 Å². The minimum Gasteiger partial charge on any atom is -0.395 e. The third kappa shape index (κ3) is 2.32. The Hall–Kier alpha value is -2.29. The molecule has 1 fully saturated rings. The van der Waals surface area contributed by atoms with Gasteiger partial charge < -0.3 is 15.5 Å². The Kier molecular flexibility index (Phi) is 3.56. The number of nitrogens with two attached hydrogens (primary N) is 1. The molecule has 6 heteroatoms. The molecule has 0 aromatic carbocycles. The third-order valence-electron chi connectivity index (χ3n) is 3.34. The second-order valence-electron chi connectivity index (χ2n) is 4.79. The summed E-state index contributed by atoms with van der Waals surface area (Å²) in [5.74, 6) is 0.581. The molecule has 19 heavy (non-hydrogen) atoms. The molecule has 1 unspecified atom stereocenters. The van der Waals surface area contributed by atoms with Crippen LogP contribution < -0.4 is 10.6 Å². The van der Waals surface area contributed by atoms with Crippen molar-refractivity contribution in [3.8, 4) is 6.07 Å². The van der Waals surface area contributed by atoms with Crippen LogP contribution in [0.15, 0.2) is 12.3 Å². The van der Waals surface area contributed by atoms with Crippen LogP contribution in [0.5, 0.6) is 0 Å². The summed E-state index contributed by atoms with van der Waals surface area (Å²) in [6, 6.07) is 3.38. The van der Waals surface area contributed by atoms with E-state index in [1.54, 1.807) is 31.3 Å². The van der Waals surface area contributed by atoms with Crippen LogP contribution in [-0.2, 0) is 4.79 Å². The normalized spacial score (nSPS) is 18.2. The van der Waals surface area contributed by atoms with Gasteiger partial charge in [-0.1, -0.05) is 0 Å². The summed E-state index contributed by atoms with van der Waals surface area (Å²) in [5, 5.41) is 9.00. The number of nitrogen functional groups attached to an aromatic ring is 1. The molecular formula is C13H17N5O. The molecule has 2 N–H and O–H groups in total. The van der Waals surface area contributed by atoms with E-state index in [9.17, 15) is 4.79 Å². The number of nitriles is 1. The van der Waals surface area contributed by atoms with Crippen LogP contribution in [-0.4, -0.2) is 42.5 Å². The van der Waals surface area contributed by atoms with E-state index in [-0.39, 0.29) is 11.9 Å². The first kappa shape index (κ1) is 13.1. The van der Waals surface area contributed by atoms with Crippen LogP contribution in [0.2, 0.25) is 0 Å². The van der Waals surface area contributed by atoms with Crippen LogP contribution in [0.1, 0.15) is 18.4 Å². The minimum atomic E-state index is -0.237. The molecule has 1 aromatic rings. The average molecular weight is 259 g/mol. The summed E-state index contributed by atoms with van der Waals surface area (Å²) >= 11 is 0. The standard InChI is InChI=1S/C13H17N5O/c1-17(2)13(19)10-4-3-7-18(10)12-11(15)9(8-14)5-6-16-12/h5-6,10H,3-4,7,15H2,1-2H3. The van der Waals surface area contributed by atoms with Gasteiger partial charge in [0.2, 0.25) is 5.91 Å². The molecule has 1 aliphatic rings. The highest BCUT2D eigenvalue weighted by Gasteiger charge is 2.33. The average Bonchev–Trinajstić information content (AvgIpc) is 2.87. The number of amides is 1. The number of nitrogens with zero attached hydrogens (tertiary/aromatic N) is 4. The lowest BCUT2D eigenvalue weighted by Crippen LogP contribution is -2.43. The lowest BCUT2D eigenvalue weighted by atomic mass is 10.2. The molecule has 0 bridgehead atoms. The molecule has 0 spiro atoms. The summed E-state index contributed by atoms with van der Waals surface area (Å²) < 4.78 is 0. The maximum atomic E-state index is 12.1. The van der Waals surface area contributed by atoms with Crippen LogP contribution in [0.4, 0.5) is 11.5 Å². The highest BCUT2D eigenvalue weighted by Crippen LogP contribution is 2.30. The maximum Gasteiger partial charge on any atom is 0.244 e. The van der Waals surface area contributed by atoms with Gasteiger partial charge in [-0.25, -0.2) is 4.98 Å². The third-order valence-corrected chi connectivity index (χ3v) is 3.34. The van der Waals surface area contributed by atoms with Gasteiger partial charge in [0.05, 0.1) is 11.3 Å². The van der Waals surface area contributed by atoms with Gasteiger partial charge in [0.25, 0.3) is 0 Å². The fourth-order valence-corrected chi connectivity index (χ4v) is 2.36. The Morgan fingerprint density at radius 2 is 2.37 bits per heavy atom. The van der Waals surface area contributed by atoms with Gasteiger partial charge in [-0.3, -0.25) is 4.79 Å². The molecule has 1 amide bonds. The first-order valence-electron chi connectivity index (χ1n) is 6.18. The Morgan fingerprint density at radius 1 is 1.63 bits per heavy atom. The van der Waals surface area contributed by atoms with E-state index in [1.807, 2.05) is 11.0 Å². The molecule has 0 radical (unpaired) electrons. The van der Waals surface area contributed by atoms with E-state index < -0.39 is 0 Å². The summed E-state index contributed by atoms with van der Waals surface area (Å²) in [4.78, 5) is 19.9. The van der Waals surface area contributed by atoms with E-state index in [0.29, 0.717) is 17.1 Å². The Balaban J connectivity index is 2.36. The molecule has 1 aromatic heterocycles. The van der Waals surface area contributed by atoms with Crippen molar-refractivity contribution >= 4 is 17.4 Å². The molecule has 100 valence electrons. The van der Waals surface area contributed by atoms with Crippen LogP contribution in [0.25, 0.3) is 0 Å². The number of hydrogen-bond acceptors (Lipinski definition) is 5. The number of aromatic nitrogens is 1. The summed E-state index contributed by atoms with van der Waals surface area (Å²) in [5.41, 5.74) is 6.71. The molecule has 0 saturated carbocycles. The van der Waals surface area contributed by atoms with Crippen molar-refractivity contribution in [2.45, 2.75) is 18.9 Å². The van der Waals surface area contributed by atoms with Crippen LogP contribution in [0, 0.1) is 11.3 Å². The zero-order chi connectivity index (χ0) is 14.0. The quantitative estimate of drug-likeness (QED) is 0.840. The summed E-state index contributed by atoms with van der Waals surface area (Å²) in [6.45, 7) is 0.732. The topological polar surface area (TPSA) is 86.2 Å². The van der Waals surface area contributed by atoms with Crippen molar-refractivity contribution in [1.82, 2.24) is 9.88 Å². The van der Waals surface area contributed by atoms with Crippen molar-refractivity contribution in [2.75, 3.05) is 31.3 Å². The van der Waals surface area contributed by atoms with Gasteiger partial charge in [0.15, 0.2) is 5.82 Å². The lowest BCUT2D eigenvalue weighted by molar-refractivity contribution is -0.129. The number of likely N-dealkylation sites (N-methyl/N-ethyl adjacent to an activating group) is 1. The molecule has 6 nitrogen and oxygen atoms in total. The molecule has 1 aliphatic heterocycles. The van der Waals surface area contributed by atoms with Crippen molar-refractivity contribution in [3.63, 3.8) is 0 Å². The summed E-state index contributed by atoms with van der Waals surface area (Å²) in [6.07, 6.45) is 3.26. The predicted molar refractivity (Wildman–Crippen MR) is 72.4 cm³/mol. The number of carbonyl (C=O) groups is 1. The number of carbonyl (C=O) groups excluding carboxylic acids is 1. The largest absolute Gasteiger partial charge is 0.395 e. The fraction of sp³-hybridized carbons (Fsp3) is 0.462. The van der Waals surface area contributed by atoms with E-state index in [0.717, 1.165) is 19.4 Å². The van der Waals surface area contributed by atoms with E-state index in [4.69, 9.17) is 11.0 Å². The molecule has 1 atom stereocenters. The predicted octanol–water partition coefficient (Wildman–Crippen LogP) is 0.592. The highest BCUT2D eigenvalue weighted by atomic mass is 16.2. The second kappa shape index (κ2) is 5.14. The zero-order valence-electron chi connectivity index (χ0n) is 11.1. The first-order chi connectivity index (χ1) is 9.06. The van der Waals surface area contributed by atoms with Gasteiger partial charge in [-0.2, -0.15) is 5.26 Å². The van der Waals surface area contributed by atoms with Crippen molar-refractivity contribution < 1.29 is 4.79 Å². The summed E-state index contributed by atoms with van der Waals surface area (Å²) in [7, 11) is 3.47. The second-order valence-corrected chi connectivity index (χ2v) is 4.79. The molecular weight excluding hydrogens is 242 g/mol. The maximum absolute atomic E-state index is 12.1. The molecule has 2 rings (SSSR count). The minimum absolute atomic E-state index is 0.0426. The number of pyridine rings is 1. The van der Waals surface area contributed by atoms with Crippen LogP contribution >= 0.6 is 0 Å². The highest BCUT2D eigenvalue weighted by molar-refractivity contribution is 5.87. The molecule has 0 aliphatic carbocycles. The van der Waals surface area contributed by atoms with Crippen molar-refractivity contribution in [1.29, 1.82) is 5.26 Å². The Bertz CT molecular complexity index is 534. The lowest BCUT2D eigenvalue weighted by Gasteiger charge is -2.28. The Morgan fingerprint density at radius 3 is 3.00 bits per heavy atom. The molecule has 2 heterocycles. The first-order valence-corrected chi connectivity index (χ1v) is 6.18. The SMILES string of the molecule is CN(C)C(=O)C1CCCN1c1nccc(C#N)c1N. The zero-order valence-corrected chi connectivity index (χ0v) is 11.1. The smallest absolute Gasteiger partial charge is 0.244 e. The van der Waals surface area contributed by atoms with Gasteiger partial charge >= 0.3 is 0 Å². The van der Waals surface area contributed by atoms with E-state index in [1.165, 1.54) is 0 Å². The number of anilines is 2. The number of hydrogen-bond donors (Lipinski definition) is 1. The van der Waals surface area contributed by atoms with E-state index >= 15 is 0 Å². The van der Waals surface area contributed by atoms with E-state index in [2.05, 4.69) is 4.98 Å². The molecule has 1 saturated heterocycles. The van der Waals surface area contributed by atoms with Crippen LogP contribution in [0.3, 0.4) is 0 Å². The van der Waals surface area contributed by atoms with Gasteiger partial charge in [-0.05, 0) is 18.9 Å². The van der Waals surface area contributed by atoms with Gasteiger partial charge in [0.1, 0.15) is 12.1 Å².